The molecule has 1 amide bonds. The van der Waals surface area contributed by atoms with Gasteiger partial charge in [-0.3, -0.25) is 4.79 Å². The fraction of sp³-hybridized carbons (Fsp3) is 0.500. The van der Waals surface area contributed by atoms with E-state index in [1.165, 1.54) is 7.11 Å². The number of halogens is 1. The molecule has 0 bridgehead atoms. The number of hydrogen-bond acceptors (Lipinski definition) is 3. The van der Waals surface area contributed by atoms with Gasteiger partial charge in [-0.05, 0) is 31.4 Å². The van der Waals surface area contributed by atoms with Crippen LogP contribution in [0.4, 0.5) is 0 Å². The van der Waals surface area contributed by atoms with Crippen LogP contribution in [0.15, 0.2) is 18.2 Å². The van der Waals surface area contributed by atoms with Crippen LogP contribution < -0.4 is 14.8 Å². The molecule has 19 heavy (non-hydrogen) atoms. The molecule has 0 heterocycles. The van der Waals surface area contributed by atoms with E-state index < -0.39 is 0 Å². The fourth-order valence-corrected chi connectivity index (χ4v) is 2.60. The Morgan fingerprint density at radius 2 is 2.11 bits per heavy atom. The molecule has 0 aromatic heterocycles. The van der Waals surface area contributed by atoms with E-state index in [0.717, 1.165) is 19.3 Å². The smallest absolute Gasteiger partial charge is 0.255 e. The van der Waals surface area contributed by atoms with Crippen LogP contribution in [-0.4, -0.2) is 31.5 Å². The maximum absolute atomic E-state index is 12.4. The summed E-state index contributed by atoms with van der Waals surface area (Å²) in [6.45, 7) is 0. The van der Waals surface area contributed by atoms with Gasteiger partial charge in [0.15, 0.2) is 11.5 Å². The van der Waals surface area contributed by atoms with Crippen molar-refractivity contribution in [2.45, 2.75) is 24.8 Å². The lowest BCUT2D eigenvalue weighted by atomic mass is 9.78. The molecule has 1 aliphatic carbocycles. The molecule has 1 N–H and O–H groups in total. The molecule has 0 aliphatic heterocycles. The zero-order valence-corrected chi connectivity index (χ0v) is 11.9. The van der Waals surface area contributed by atoms with Crippen molar-refractivity contribution < 1.29 is 14.3 Å². The van der Waals surface area contributed by atoms with Gasteiger partial charge in [0.2, 0.25) is 0 Å². The summed E-state index contributed by atoms with van der Waals surface area (Å²) in [5.74, 6) is 1.26. The lowest BCUT2D eigenvalue weighted by Crippen LogP contribution is -2.55. The summed E-state index contributed by atoms with van der Waals surface area (Å²) in [7, 11) is 3.07. The number of ether oxygens (including phenoxy) is 2. The second-order valence-corrected chi connectivity index (χ2v) is 5.03. The quantitative estimate of drug-likeness (QED) is 0.845. The number of carbonyl (C=O) groups excluding carboxylic acids is 1. The first kappa shape index (κ1) is 14.0. The Bertz CT molecular complexity index is 466. The molecule has 1 aromatic carbocycles. The molecule has 0 unspecified atom stereocenters. The van der Waals surface area contributed by atoms with Crippen LogP contribution in [0.3, 0.4) is 0 Å². The number of alkyl halides is 1. The molecule has 0 saturated heterocycles. The predicted molar refractivity (Wildman–Crippen MR) is 74.3 cm³/mol. The minimum absolute atomic E-state index is 0.170. The highest BCUT2D eigenvalue weighted by atomic mass is 35.5. The molecule has 1 aromatic rings. The maximum Gasteiger partial charge on any atom is 0.255 e. The number of carbonyl (C=O) groups is 1. The van der Waals surface area contributed by atoms with Crippen molar-refractivity contribution in [3.63, 3.8) is 0 Å². The van der Waals surface area contributed by atoms with E-state index >= 15 is 0 Å². The van der Waals surface area contributed by atoms with E-state index in [0.29, 0.717) is 22.9 Å². The van der Waals surface area contributed by atoms with Gasteiger partial charge in [-0.25, -0.2) is 0 Å². The zero-order valence-electron chi connectivity index (χ0n) is 11.2. The molecular formula is C14H18ClNO3. The second-order valence-electron chi connectivity index (χ2n) is 4.76. The zero-order chi connectivity index (χ0) is 13.9. The molecule has 1 saturated carbocycles. The maximum atomic E-state index is 12.4. The normalized spacial score (nSPS) is 16.4. The van der Waals surface area contributed by atoms with Crippen molar-refractivity contribution in [3.8, 4) is 11.5 Å². The molecule has 0 spiro atoms. The van der Waals surface area contributed by atoms with Gasteiger partial charge < -0.3 is 14.8 Å². The highest BCUT2D eigenvalue weighted by Crippen LogP contribution is 2.35. The van der Waals surface area contributed by atoms with Crippen molar-refractivity contribution in [2.24, 2.45) is 0 Å². The Morgan fingerprint density at radius 3 is 2.58 bits per heavy atom. The van der Waals surface area contributed by atoms with E-state index in [1.807, 2.05) is 0 Å². The average molecular weight is 284 g/mol. The number of benzene rings is 1. The van der Waals surface area contributed by atoms with Gasteiger partial charge in [-0.2, -0.15) is 0 Å². The van der Waals surface area contributed by atoms with Gasteiger partial charge in [0.25, 0.3) is 5.91 Å². The van der Waals surface area contributed by atoms with Crippen LogP contribution in [-0.2, 0) is 0 Å². The Kier molecular flexibility index (Phi) is 4.20. The SMILES string of the molecule is COc1cccc(C(=O)NC2(CCl)CCC2)c1OC. The van der Waals surface area contributed by atoms with Crippen molar-refractivity contribution in [1.82, 2.24) is 5.32 Å². The van der Waals surface area contributed by atoms with Gasteiger partial charge in [0.05, 0.1) is 25.3 Å². The monoisotopic (exact) mass is 283 g/mol. The molecule has 2 rings (SSSR count). The molecule has 5 heteroatoms. The lowest BCUT2D eigenvalue weighted by molar-refractivity contribution is 0.0850. The Morgan fingerprint density at radius 1 is 1.37 bits per heavy atom. The van der Waals surface area contributed by atoms with Crippen LogP contribution in [0.5, 0.6) is 11.5 Å². The molecule has 4 nitrogen and oxygen atoms in total. The Balaban J connectivity index is 2.23. The first-order valence-electron chi connectivity index (χ1n) is 6.25. The number of methoxy groups -OCH3 is 2. The van der Waals surface area contributed by atoms with E-state index in [-0.39, 0.29) is 11.4 Å². The number of nitrogens with one attached hydrogen (secondary N) is 1. The summed E-state index contributed by atoms with van der Waals surface area (Å²) < 4.78 is 10.5. The first-order chi connectivity index (χ1) is 9.15. The Labute approximate surface area is 118 Å². The lowest BCUT2D eigenvalue weighted by Gasteiger charge is -2.41. The minimum Gasteiger partial charge on any atom is -0.493 e. The van der Waals surface area contributed by atoms with Crippen LogP contribution in [0.2, 0.25) is 0 Å². The fourth-order valence-electron chi connectivity index (χ4n) is 2.27. The number of rotatable bonds is 5. The molecule has 0 atom stereocenters. The van der Waals surface area contributed by atoms with Gasteiger partial charge >= 0.3 is 0 Å². The summed E-state index contributed by atoms with van der Waals surface area (Å²) in [6.07, 6.45) is 2.95. The molecule has 104 valence electrons. The standard InChI is InChI=1S/C14H18ClNO3/c1-18-11-6-3-5-10(12(11)19-2)13(17)16-14(9-15)7-4-8-14/h3,5-6H,4,7-9H2,1-2H3,(H,16,17). The molecule has 1 fully saturated rings. The summed E-state index contributed by atoms with van der Waals surface area (Å²) in [5.41, 5.74) is 0.213. The number of hydrogen-bond donors (Lipinski definition) is 1. The summed E-state index contributed by atoms with van der Waals surface area (Å²) >= 11 is 5.95. The molecule has 0 radical (unpaired) electrons. The van der Waals surface area contributed by atoms with Crippen molar-refractivity contribution in [2.75, 3.05) is 20.1 Å². The second kappa shape index (κ2) is 5.70. The third-order valence-corrected chi connectivity index (χ3v) is 4.10. The predicted octanol–water partition coefficient (Wildman–Crippen LogP) is 2.60. The van der Waals surface area contributed by atoms with Gasteiger partial charge in [0, 0.05) is 5.88 Å². The van der Waals surface area contributed by atoms with Crippen molar-refractivity contribution in [1.29, 1.82) is 0 Å². The topological polar surface area (TPSA) is 47.6 Å². The van der Waals surface area contributed by atoms with E-state index in [9.17, 15) is 4.79 Å². The summed E-state index contributed by atoms with van der Waals surface area (Å²) in [4.78, 5) is 12.4. The van der Waals surface area contributed by atoms with E-state index in [4.69, 9.17) is 21.1 Å². The third kappa shape index (κ3) is 2.63. The molecule has 1 aliphatic rings. The molecular weight excluding hydrogens is 266 g/mol. The van der Waals surface area contributed by atoms with Crippen molar-refractivity contribution in [3.05, 3.63) is 23.8 Å². The van der Waals surface area contributed by atoms with E-state index in [1.54, 1.807) is 25.3 Å². The van der Waals surface area contributed by atoms with Gasteiger partial charge in [0.1, 0.15) is 0 Å². The van der Waals surface area contributed by atoms with Crippen LogP contribution in [0.1, 0.15) is 29.6 Å². The van der Waals surface area contributed by atoms with E-state index in [2.05, 4.69) is 5.32 Å². The highest BCUT2D eigenvalue weighted by Gasteiger charge is 2.38. The highest BCUT2D eigenvalue weighted by molar-refractivity contribution is 6.19. The number of para-hydroxylation sites is 1. The third-order valence-electron chi connectivity index (χ3n) is 3.59. The van der Waals surface area contributed by atoms with Gasteiger partial charge in [-0.1, -0.05) is 6.07 Å². The van der Waals surface area contributed by atoms with Crippen LogP contribution in [0, 0.1) is 0 Å². The summed E-state index contributed by atoms with van der Waals surface area (Å²) in [6, 6.07) is 5.25. The Hall–Kier alpha value is -1.42. The minimum atomic E-state index is -0.257. The van der Waals surface area contributed by atoms with Crippen molar-refractivity contribution >= 4 is 17.5 Å². The summed E-state index contributed by atoms with van der Waals surface area (Å²) in [5, 5.41) is 3.02. The first-order valence-corrected chi connectivity index (χ1v) is 6.79. The van der Waals surface area contributed by atoms with Gasteiger partial charge in [-0.15, -0.1) is 11.6 Å². The largest absolute Gasteiger partial charge is 0.493 e. The van der Waals surface area contributed by atoms with Crippen LogP contribution >= 0.6 is 11.6 Å². The number of amides is 1. The average Bonchev–Trinajstić information content (AvgIpc) is 2.41. The van der Waals surface area contributed by atoms with Crippen LogP contribution in [0.25, 0.3) is 0 Å².